The van der Waals surface area contributed by atoms with Gasteiger partial charge in [-0.1, -0.05) is 41.2 Å². The summed E-state index contributed by atoms with van der Waals surface area (Å²) in [5.74, 6) is -0.369. The van der Waals surface area contributed by atoms with Crippen LogP contribution in [0.1, 0.15) is 15.9 Å². The Bertz CT molecular complexity index is 1110. The zero-order valence-corrected chi connectivity index (χ0v) is 18.6. The molecule has 1 aromatic heterocycles. The standard InChI is InChI=1S/C21H17Cl2FN2O3S/c1-11-4-5-15(22)19(6-11)29-21-16(23)7-12(10-25-21)13-8-17(24)14(9-18(13)28-2)20(27)26-30-3/h4-10H,1-3H3,(H,26,27). The first kappa shape index (κ1) is 22.2. The number of nitrogens with one attached hydrogen (secondary N) is 1. The predicted octanol–water partition coefficient (Wildman–Crippen LogP) is 6.31. The van der Waals surface area contributed by atoms with Crippen molar-refractivity contribution in [1.29, 1.82) is 0 Å². The van der Waals surface area contributed by atoms with Crippen molar-refractivity contribution in [3.05, 3.63) is 69.6 Å². The van der Waals surface area contributed by atoms with Crippen LogP contribution in [0.3, 0.4) is 0 Å². The van der Waals surface area contributed by atoms with Crippen LogP contribution in [0.4, 0.5) is 4.39 Å². The van der Waals surface area contributed by atoms with Crippen molar-refractivity contribution in [2.75, 3.05) is 13.4 Å². The van der Waals surface area contributed by atoms with E-state index in [0.717, 1.165) is 17.5 Å². The lowest BCUT2D eigenvalue weighted by Gasteiger charge is -2.13. The van der Waals surface area contributed by atoms with E-state index in [1.807, 2.05) is 13.0 Å². The van der Waals surface area contributed by atoms with Gasteiger partial charge < -0.3 is 9.47 Å². The van der Waals surface area contributed by atoms with Crippen molar-refractivity contribution in [1.82, 2.24) is 9.71 Å². The molecule has 3 rings (SSSR count). The molecule has 0 aliphatic carbocycles. The highest BCUT2D eigenvalue weighted by Crippen LogP contribution is 2.37. The Morgan fingerprint density at radius 3 is 2.57 bits per heavy atom. The minimum absolute atomic E-state index is 0.127. The second-order valence-corrected chi connectivity index (χ2v) is 7.64. The minimum atomic E-state index is -0.694. The first-order valence-electron chi connectivity index (χ1n) is 8.64. The van der Waals surface area contributed by atoms with Gasteiger partial charge in [0.1, 0.15) is 22.3 Å². The summed E-state index contributed by atoms with van der Waals surface area (Å²) in [6.07, 6.45) is 3.15. The Balaban J connectivity index is 1.97. The highest BCUT2D eigenvalue weighted by Gasteiger charge is 2.19. The van der Waals surface area contributed by atoms with Crippen LogP contribution in [0.5, 0.6) is 17.4 Å². The van der Waals surface area contributed by atoms with Crippen LogP contribution < -0.4 is 14.2 Å². The number of methoxy groups -OCH3 is 1. The minimum Gasteiger partial charge on any atom is -0.496 e. The molecule has 5 nitrogen and oxygen atoms in total. The molecular formula is C21H17Cl2FN2O3S. The Labute approximate surface area is 187 Å². The van der Waals surface area contributed by atoms with Crippen molar-refractivity contribution in [3.63, 3.8) is 0 Å². The van der Waals surface area contributed by atoms with Crippen LogP contribution in [0, 0.1) is 12.7 Å². The van der Waals surface area contributed by atoms with Gasteiger partial charge in [-0.2, -0.15) is 0 Å². The van der Waals surface area contributed by atoms with E-state index in [4.69, 9.17) is 32.7 Å². The highest BCUT2D eigenvalue weighted by molar-refractivity contribution is 7.97. The molecule has 2 aromatic carbocycles. The summed E-state index contributed by atoms with van der Waals surface area (Å²) >= 11 is 13.6. The molecular weight excluding hydrogens is 450 g/mol. The third-order valence-corrected chi connectivity index (χ3v) is 5.11. The summed E-state index contributed by atoms with van der Waals surface area (Å²) in [5.41, 5.74) is 1.73. The number of rotatable bonds is 6. The predicted molar refractivity (Wildman–Crippen MR) is 118 cm³/mol. The van der Waals surface area contributed by atoms with Gasteiger partial charge in [-0.25, -0.2) is 9.37 Å². The van der Waals surface area contributed by atoms with Crippen LogP contribution in [-0.2, 0) is 0 Å². The van der Waals surface area contributed by atoms with Gasteiger partial charge in [0.15, 0.2) is 0 Å². The quantitative estimate of drug-likeness (QED) is 0.431. The molecule has 0 fully saturated rings. The number of carbonyl (C=O) groups excluding carboxylic acids is 1. The van der Waals surface area contributed by atoms with Gasteiger partial charge in [-0.15, -0.1) is 0 Å². The molecule has 1 N–H and O–H groups in total. The van der Waals surface area contributed by atoms with Crippen molar-refractivity contribution in [2.24, 2.45) is 0 Å². The largest absolute Gasteiger partial charge is 0.496 e. The number of pyridine rings is 1. The van der Waals surface area contributed by atoms with E-state index in [-0.39, 0.29) is 16.5 Å². The van der Waals surface area contributed by atoms with E-state index in [9.17, 15) is 9.18 Å². The summed E-state index contributed by atoms with van der Waals surface area (Å²) < 4.78 is 28.1. The van der Waals surface area contributed by atoms with E-state index < -0.39 is 11.7 Å². The Morgan fingerprint density at radius 2 is 1.90 bits per heavy atom. The second kappa shape index (κ2) is 9.55. The maximum absolute atomic E-state index is 14.6. The van der Waals surface area contributed by atoms with Crippen molar-refractivity contribution in [3.8, 4) is 28.5 Å². The highest BCUT2D eigenvalue weighted by atomic mass is 35.5. The van der Waals surface area contributed by atoms with E-state index in [0.29, 0.717) is 27.6 Å². The molecule has 0 spiro atoms. The number of hydrogen-bond donors (Lipinski definition) is 1. The van der Waals surface area contributed by atoms with Crippen LogP contribution in [0.25, 0.3) is 11.1 Å². The summed E-state index contributed by atoms with van der Waals surface area (Å²) in [6.45, 7) is 1.91. The fourth-order valence-corrected chi connectivity index (χ4v) is 3.37. The second-order valence-electron chi connectivity index (χ2n) is 6.21. The average Bonchev–Trinajstić information content (AvgIpc) is 2.72. The van der Waals surface area contributed by atoms with Gasteiger partial charge in [0.2, 0.25) is 5.88 Å². The number of amides is 1. The first-order chi connectivity index (χ1) is 14.3. The summed E-state index contributed by atoms with van der Waals surface area (Å²) in [5, 5.41) is 0.627. The summed E-state index contributed by atoms with van der Waals surface area (Å²) in [6, 6.07) is 9.46. The van der Waals surface area contributed by atoms with Gasteiger partial charge in [0, 0.05) is 23.6 Å². The smallest absolute Gasteiger partial charge is 0.264 e. The zero-order chi connectivity index (χ0) is 21.8. The average molecular weight is 467 g/mol. The van der Waals surface area contributed by atoms with Crippen LogP contribution in [0.15, 0.2) is 42.6 Å². The van der Waals surface area contributed by atoms with Gasteiger partial charge >= 0.3 is 0 Å². The molecule has 0 aliphatic rings. The number of aromatic nitrogens is 1. The number of aryl methyl sites for hydroxylation is 1. The Morgan fingerprint density at radius 1 is 1.13 bits per heavy atom. The van der Waals surface area contributed by atoms with Gasteiger partial charge in [0.25, 0.3) is 5.91 Å². The van der Waals surface area contributed by atoms with E-state index in [2.05, 4.69) is 9.71 Å². The van der Waals surface area contributed by atoms with Crippen molar-refractivity contribution < 1.29 is 18.7 Å². The van der Waals surface area contributed by atoms with E-state index in [1.165, 1.54) is 25.4 Å². The number of ether oxygens (including phenoxy) is 2. The number of nitrogens with zero attached hydrogens (tertiary/aromatic N) is 1. The molecule has 156 valence electrons. The normalized spacial score (nSPS) is 10.6. The molecule has 0 saturated heterocycles. The number of carbonyl (C=O) groups is 1. The molecule has 0 bridgehead atoms. The monoisotopic (exact) mass is 466 g/mol. The lowest BCUT2D eigenvalue weighted by Crippen LogP contribution is -2.17. The van der Waals surface area contributed by atoms with Crippen molar-refractivity contribution in [2.45, 2.75) is 6.92 Å². The van der Waals surface area contributed by atoms with Gasteiger partial charge in [-0.3, -0.25) is 9.52 Å². The third-order valence-electron chi connectivity index (χ3n) is 4.14. The lowest BCUT2D eigenvalue weighted by molar-refractivity contribution is 0.0980. The van der Waals surface area contributed by atoms with Gasteiger partial charge in [-0.05, 0) is 42.8 Å². The molecule has 0 saturated carbocycles. The fraction of sp³-hybridized carbons (Fsp3) is 0.143. The molecule has 3 aromatic rings. The maximum atomic E-state index is 14.6. The zero-order valence-electron chi connectivity index (χ0n) is 16.3. The topological polar surface area (TPSA) is 60.5 Å². The van der Waals surface area contributed by atoms with E-state index in [1.54, 1.807) is 24.5 Å². The number of halogens is 3. The number of hydrogen-bond acceptors (Lipinski definition) is 5. The molecule has 0 radical (unpaired) electrons. The first-order valence-corrected chi connectivity index (χ1v) is 10.6. The maximum Gasteiger partial charge on any atom is 0.264 e. The lowest BCUT2D eigenvalue weighted by atomic mass is 10.0. The number of benzene rings is 2. The van der Waals surface area contributed by atoms with Crippen LogP contribution in [0.2, 0.25) is 10.0 Å². The fourth-order valence-electron chi connectivity index (χ4n) is 2.71. The molecule has 0 atom stereocenters. The SMILES string of the molecule is COc1cc(C(=O)NSC)c(F)cc1-c1cnc(Oc2cc(C)ccc2Cl)c(Cl)c1. The molecule has 0 aliphatic heterocycles. The Hall–Kier alpha value is -2.48. The van der Waals surface area contributed by atoms with Crippen molar-refractivity contribution >= 4 is 41.1 Å². The summed E-state index contributed by atoms with van der Waals surface area (Å²) in [4.78, 5) is 16.3. The third kappa shape index (κ3) is 4.80. The van der Waals surface area contributed by atoms with Crippen LogP contribution in [-0.4, -0.2) is 24.3 Å². The Kier molecular flexibility index (Phi) is 7.07. The van der Waals surface area contributed by atoms with E-state index >= 15 is 0 Å². The van der Waals surface area contributed by atoms with Crippen LogP contribution >= 0.6 is 35.1 Å². The molecule has 0 unspecified atom stereocenters. The molecule has 9 heteroatoms. The van der Waals surface area contributed by atoms with Gasteiger partial charge in [0.05, 0.1) is 17.7 Å². The molecule has 1 amide bonds. The molecule has 1 heterocycles. The molecule has 30 heavy (non-hydrogen) atoms. The summed E-state index contributed by atoms with van der Waals surface area (Å²) in [7, 11) is 1.43.